The van der Waals surface area contributed by atoms with Crippen molar-refractivity contribution in [2.45, 2.75) is 72.1 Å². The van der Waals surface area contributed by atoms with E-state index in [2.05, 4.69) is 20.7 Å². The van der Waals surface area contributed by atoms with E-state index in [4.69, 9.17) is 4.42 Å². The van der Waals surface area contributed by atoms with Crippen LogP contribution in [0.4, 0.5) is 4.39 Å². The van der Waals surface area contributed by atoms with Gasteiger partial charge in [-0.05, 0) is 69.2 Å². The summed E-state index contributed by atoms with van der Waals surface area (Å²) in [7, 11) is 0. The fourth-order valence-corrected chi connectivity index (χ4v) is 3.49. The number of carbonyl (C=O) groups excluding carboxylic acids is 2. The zero-order valence-corrected chi connectivity index (χ0v) is 20.2. The summed E-state index contributed by atoms with van der Waals surface area (Å²) in [6.07, 6.45) is 1.16. The summed E-state index contributed by atoms with van der Waals surface area (Å²) in [5.74, 6) is 0.453. The van der Waals surface area contributed by atoms with Gasteiger partial charge in [0.1, 0.15) is 24.2 Å². The molecule has 1 atom stereocenters. The van der Waals surface area contributed by atoms with Gasteiger partial charge in [-0.15, -0.1) is 10.2 Å². The topological polar surface area (TPSA) is 106 Å². The minimum Gasteiger partial charge on any atom is -0.458 e. The highest BCUT2D eigenvalue weighted by Gasteiger charge is 2.31. The predicted octanol–water partition coefficient (Wildman–Crippen LogP) is 3.49. The Hall–Kier alpha value is -3.56. The van der Waals surface area contributed by atoms with Crippen LogP contribution in [0, 0.1) is 12.7 Å². The average Bonchev–Trinajstić information content (AvgIpc) is 3.39. The molecule has 1 aromatic carbocycles. The number of nitrogens with zero attached hydrogens (tertiary/aromatic N) is 5. The van der Waals surface area contributed by atoms with Crippen LogP contribution >= 0.6 is 0 Å². The van der Waals surface area contributed by atoms with Gasteiger partial charge in [0.25, 0.3) is 0 Å². The normalized spacial score (nSPS) is 12.4. The third-order valence-electron chi connectivity index (χ3n) is 5.02. The van der Waals surface area contributed by atoms with Gasteiger partial charge in [0.05, 0.1) is 0 Å². The van der Waals surface area contributed by atoms with E-state index >= 15 is 0 Å². The highest BCUT2D eigenvalue weighted by molar-refractivity contribution is 5.88. The lowest BCUT2D eigenvalue weighted by atomic mass is 10.0. The molecule has 2 heterocycles. The molecule has 1 N–H and O–H groups in total. The van der Waals surface area contributed by atoms with Gasteiger partial charge in [-0.25, -0.2) is 4.39 Å². The minimum absolute atomic E-state index is 0.139. The number of rotatable bonds is 9. The number of aromatic nitrogens is 4. The van der Waals surface area contributed by atoms with Gasteiger partial charge in [-0.2, -0.15) is 4.80 Å². The van der Waals surface area contributed by atoms with Gasteiger partial charge in [0.2, 0.25) is 17.6 Å². The summed E-state index contributed by atoms with van der Waals surface area (Å²) < 4.78 is 18.9. The van der Waals surface area contributed by atoms with Crippen LogP contribution in [0.25, 0.3) is 11.6 Å². The number of carbonyl (C=O) groups is 2. The molecule has 3 rings (SSSR count). The van der Waals surface area contributed by atoms with Crippen LogP contribution in [0.5, 0.6) is 0 Å². The molecular weight excluding hydrogens is 439 g/mol. The van der Waals surface area contributed by atoms with E-state index in [0.717, 1.165) is 0 Å². The van der Waals surface area contributed by atoms with E-state index < -0.39 is 11.6 Å². The minimum atomic E-state index is -0.711. The molecule has 182 valence electrons. The first-order valence-electron chi connectivity index (χ1n) is 11.3. The van der Waals surface area contributed by atoms with E-state index in [-0.39, 0.29) is 36.5 Å². The van der Waals surface area contributed by atoms with Crippen LogP contribution in [0.1, 0.15) is 51.9 Å². The summed E-state index contributed by atoms with van der Waals surface area (Å²) >= 11 is 0. The molecule has 3 aromatic rings. The first-order valence-corrected chi connectivity index (χ1v) is 11.3. The summed E-state index contributed by atoms with van der Waals surface area (Å²) in [5, 5.41) is 15.2. The number of furan rings is 1. The van der Waals surface area contributed by atoms with E-state index in [1.54, 1.807) is 31.2 Å². The Morgan fingerprint density at radius 1 is 1.18 bits per heavy atom. The Bertz CT molecular complexity index is 1120. The lowest BCUT2D eigenvalue weighted by molar-refractivity contribution is -0.143. The first-order chi connectivity index (χ1) is 16.1. The second-order valence-electron chi connectivity index (χ2n) is 9.25. The van der Waals surface area contributed by atoms with Gasteiger partial charge in [0, 0.05) is 12.1 Å². The Morgan fingerprint density at radius 3 is 2.47 bits per heavy atom. The third-order valence-corrected chi connectivity index (χ3v) is 5.02. The molecule has 10 heteroatoms. The van der Waals surface area contributed by atoms with Gasteiger partial charge in [0.15, 0.2) is 5.76 Å². The predicted molar refractivity (Wildman–Crippen MR) is 124 cm³/mol. The van der Waals surface area contributed by atoms with Crippen LogP contribution in [0.2, 0.25) is 0 Å². The van der Waals surface area contributed by atoms with Crippen LogP contribution in [-0.4, -0.2) is 48.5 Å². The van der Waals surface area contributed by atoms with Gasteiger partial charge in [-0.3, -0.25) is 9.59 Å². The van der Waals surface area contributed by atoms with Crippen molar-refractivity contribution in [1.82, 2.24) is 30.4 Å². The fourth-order valence-electron chi connectivity index (χ4n) is 3.49. The monoisotopic (exact) mass is 470 g/mol. The molecule has 0 fully saturated rings. The average molecular weight is 471 g/mol. The van der Waals surface area contributed by atoms with Crippen molar-refractivity contribution in [3.05, 3.63) is 53.5 Å². The molecule has 0 bridgehead atoms. The highest BCUT2D eigenvalue weighted by atomic mass is 19.1. The van der Waals surface area contributed by atoms with E-state index in [9.17, 15) is 14.0 Å². The molecule has 2 amide bonds. The van der Waals surface area contributed by atoms with E-state index in [1.807, 2.05) is 27.7 Å². The fraction of sp³-hybridized carbons (Fsp3) is 0.458. The molecule has 2 aromatic heterocycles. The largest absolute Gasteiger partial charge is 0.458 e. The molecule has 0 radical (unpaired) electrons. The Kier molecular flexibility index (Phi) is 7.80. The quantitative estimate of drug-likeness (QED) is 0.513. The lowest BCUT2D eigenvalue weighted by Gasteiger charge is -2.33. The molecule has 0 saturated heterocycles. The summed E-state index contributed by atoms with van der Waals surface area (Å²) in [5.41, 5.74) is 0.245. The second-order valence-corrected chi connectivity index (χ2v) is 9.25. The molecule has 0 unspecified atom stereocenters. The highest BCUT2D eigenvalue weighted by Crippen LogP contribution is 2.18. The number of aryl methyl sites for hydroxylation is 1. The van der Waals surface area contributed by atoms with E-state index in [0.29, 0.717) is 29.9 Å². The molecule has 0 aliphatic heterocycles. The Labute approximate surface area is 198 Å². The van der Waals surface area contributed by atoms with Crippen LogP contribution in [0.3, 0.4) is 0 Å². The molecule has 0 aliphatic rings. The number of hydrogen-bond donors (Lipinski definition) is 1. The van der Waals surface area contributed by atoms with E-state index in [1.165, 1.54) is 21.8 Å². The SMILES string of the molecule is CCC[C@@H](C(=O)NC(C)(C)C)N(Cc1ccc(F)cc1)C(=O)Cn1nnc(-c2ccc(C)o2)n1. The number of tetrazole rings is 1. The Morgan fingerprint density at radius 2 is 1.88 bits per heavy atom. The van der Waals surface area contributed by atoms with Crippen molar-refractivity contribution < 1.29 is 18.4 Å². The van der Waals surface area contributed by atoms with Gasteiger partial charge >= 0.3 is 0 Å². The van der Waals surface area contributed by atoms with Crippen molar-refractivity contribution >= 4 is 11.8 Å². The molecule has 34 heavy (non-hydrogen) atoms. The van der Waals surface area contributed by atoms with Crippen molar-refractivity contribution in [2.75, 3.05) is 0 Å². The molecule has 0 saturated carbocycles. The Balaban J connectivity index is 1.86. The smallest absolute Gasteiger partial charge is 0.247 e. The zero-order chi connectivity index (χ0) is 24.9. The number of halogens is 1. The molecular formula is C24H31FN6O3. The van der Waals surface area contributed by atoms with Crippen LogP contribution in [0.15, 0.2) is 40.8 Å². The van der Waals surface area contributed by atoms with Gasteiger partial charge < -0.3 is 14.6 Å². The summed E-state index contributed by atoms with van der Waals surface area (Å²) in [6, 6.07) is 8.67. The van der Waals surface area contributed by atoms with Crippen molar-refractivity contribution in [2.24, 2.45) is 0 Å². The zero-order valence-electron chi connectivity index (χ0n) is 20.2. The third kappa shape index (κ3) is 6.72. The van der Waals surface area contributed by atoms with Crippen LogP contribution < -0.4 is 5.32 Å². The van der Waals surface area contributed by atoms with Crippen molar-refractivity contribution in [3.8, 4) is 11.6 Å². The molecule has 9 nitrogen and oxygen atoms in total. The molecule has 0 spiro atoms. The van der Waals surface area contributed by atoms with Crippen molar-refractivity contribution in [3.63, 3.8) is 0 Å². The summed E-state index contributed by atoms with van der Waals surface area (Å²) in [6.45, 7) is 9.35. The van der Waals surface area contributed by atoms with Crippen molar-refractivity contribution in [1.29, 1.82) is 0 Å². The first kappa shape index (κ1) is 25.1. The number of hydrogen-bond acceptors (Lipinski definition) is 6. The number of amides is 2. The standard InChI is InChI=1S/C24H31FN6O3/c1-6-7-19(23(33)26-24(3,4)5)30(14-17-9-11-18(25)12-10-17)21(32)15-31-28-22(27-29-31)20-13-8-16(2)34-20/h8-13,19H,6-7,14-15H2,1-5H3,(H,26,33)/t19-/m0/s1. The number of benzene rings is 1. The van der Waals surface area contributed by atoms with Gasteiger partial charge in [-0.1, -0.05) is 25.5 Å². The maximum Gasteiger partial charge on any atom is 0.247 e. The lowest BCUT2D eigenvalue weighted by Crippen LogP contribution is -2.54. The molecule has 0 aliphatic carbocycles. The summed E-state index contributed by atoms with van der Waals surface area (Å²) in [4.78, 5) is 29.3. The van der Waals surface area contributed by atoms with Crippen LogP contribution in [-0.2, 0) is 22.7 Å². The maximum atomic E-state index is 13.4. The second kappa shape index (κ2) is 10.6. The number of nitrogens with one attached hydrogen (secondary N) is 1. The maximum absolute atomic E-state index is 13.4.